The van der Waals surface area contributed by atoms with Gasteiger partial charge >= 0.3 is 0 Å². The number of hydrogen-bond donors (Lipinski definition) is 0. The molecule has 5 unspecified atom stereocenters. The summed E-state index contributed by atoms with van der Waals surface area (Å²) in [4.78, 5) is 0. The van der Waals surface area contributed by atoms with Crippen molar-refractivity contribution in [1.29, 1.82) is 0 Å². The molecule has 4 heterocycles. The van der Waals surface area contributed by atoms with Crippen LogP contribution < -0.4 is 0 Å². The van der Waals surface area contributed by atoms with Gasteiger partial charge in [0, 0.05) is 12.3 Å². The van der Waals surface area contributed by atoms with Gasteiger partial charge in [0.15, 0.2) is 5.79 Å². The first-order valence-electron chi connectivity index (χ1n) is 11.0. The van der Waals surface area contributed by atoms with Gasteiger partial charge in [-0.2, -0.15) is 0 Å². The smallest absolute Gasteiger partial charge is 0.194 e. The third kappa shape index (κ3) is 4.69. The van der Waals surface area contributed by atoms with Crippen LogP contribution in [0.25, 0.3) is 5.57 Å². The van der Waals surface area contributed by atoms with Crippen LogP contribution in [0.1, 0.15) is 17.5 Å². The normalized spacial score (nSPS) is 38.3. The second-order valence-electron chi connectivity index (χ2n) is 8.87. The highest BCUT2D eigenvalue weighted by Gasteiger charge is 2.45. The molecular formula is C24H28O6. The van der Waals surface area contributed by atoms with E-state index in [2.05, 4.69) is 42.5 Å². The summed E-state index contributed by atoms with van der Waals surface area (Å²) in [6.07, 6.45) is 9.41. The maximum Gasteiger partial charge on any atom is 0.194 e. The molecule has 0 bridgehead atoms. The van der Waals surface area contributed by atoms with E-state index in [4.69, 9.17) is 28.4 Å². The molecule has 1 aromatic rings. The Morgan fingerprint density at radius 1 is 0.867 bits per heavy atom. The first-order chi connectivity index (χ1) is 14.8. The van der Waals surface area contributed by atoms with Crippen LogP contribution in [-0.4, -0.2) is 69.8 Å². The van der Waals surface area contributed by atoms with Gasteiger partial charge in [-0.25, -0.2) is 0 Å². The van der Waals surface area contributed by atoms with Gasteiger partial charge in [0.25, 0.3) is 0 Å². The number of epoxide rings is 4. The predicted molar refractivity (Wildman–Crippen MR) is 109 cm³/mol. The van der Waals surface area contributed by atoms with E-state index in [9.17, 15) is 0 Å². The lowest BCUT2D eigenvalue weighted by Crippen LogP contribution is -2.45. The molecule has 1 aromatic carbocycles. The Morgan fingerprint density at radius 2 is 1.53 bits per heavy atom. The van der Waals surface area contributed by atoms with Crippen molar-refractivity contribution in [3.63, 3.8) is 0 Å². The van der Waals surface area contributed by atoms with Gasteiger partial charge in [-0.15, -0.1) is 0 Å². The van der Waals surface area contributed by atoms with Crippen molar-refractivity contribution < 1.29 is 28.4 Å². The van der Waals surface area contributed by atoms with Crippen LogP contribution in [0.3, 0.4) is 0 Å². The fourth-order valence-electron chi connectivity index (χ4n) is 4.08. The summed E-state index contributed by atoms with van der Waals surface area (Å²) in [6.45, 7) is 4.30. The summed E-state index contributed by atoms with van der Waals surface area (Å²) in [5.41, 5.74) is 3.73. The highest BCUT2D eigenvalue weighted by molar-refractivity contribution is 5.76. The Labute approximate surface area is 176 Å². The number of ether oxygens (including phenoxy) is 6. The van der Waals surface area contributed by atoms with E-state index in [0.717, 1.165) is 39.3 Å². The van der Waals surface area contributed by atoms with Crippen LogP contribution in [0.2, 0.25) is 0 Å². The fourth-order valence-corrected chi connectivity index (χ4v) is 4.08. The SMILES string of the molecule is C1=CC(OCC2CO2)(OCC2CO2)C(CC2CO2)C=C1c1cccc(CC2CO2)c1. The first-order valence-corrected chi connectivity index (χ1v) is 11.0. The largest absolute Gasteiger partial charge is 0.373 e. The van der Waals surface area contributed by atoms with Crippen LogP contribution in [-0.2, 0) is 34.8 Å². The molecule has 6 heteroatoms. The molecule has 0 radical (unpaired) electrons. The van der Waals surface area contributed by atoms with Gasteiger partial charge in [0.1, 0.15) is 12.2 Å². The summed E-state index contributed by atoms with van der Waals surface area (Å²) >= 11 is 0. The molecule has 0 aromatic heterocycles. The fraction of sp³-hybridized carbons (Fsp3) is 0.583. The highest BCUT2D eigenvalue weighted by atomic mass is 16.7. The van der Waals surface area contributed by atoms with Gasteiger partial charge in [0.05, 0.1) is 51.8 Å². The van der Waals surface area contributed by atoms with Crippen LogP contribution in [0.15, 0.2) is 42.5 Å². The molecule has 0 amide bonds. The maximum atomic E-state index is 6.38. The molecule has 1 aliphatic carbocycles. The monoisotopic (exact) mass is 412 g/mol. The zero-order chi connectivity index (χ0) is 20.0. The quantitative estimate of drug-likeness (QED) is 0.411. The summed E-state index contributed by atoms with van der Waals surface area (Å²) < 4.78 is 34.5. The average Bonchev–Trinajstić information content (AvgIpc) is 3.60. The first kappa shape index (κ1) is 19.2. The summed E-state index contributed by atoms with van der Waals surface area (Å²) in [6, 6.07) is 8.75. The molecule has 4 fully saturated rings. The molecule has 4 aliphatic heterocycles. The van der Waals surface area contributed by atoms with E-state index in [1.54, 1.807) is 0 Å². The molecule has 4 saturated heterocycles. The lowest BCUT2D eigenvalue weighted by atomic mass is 9.84. The lowest BCUT2D eigenvalue weighted by molar-refractivity contribution is -0.231. The van der Waals surface area contributed by atoms with Crippen molar-refractivity contribution in [2.24, 2.45) is 5.92 Å². The number of allylic oxidation sites excluding steroid dienone is 2. The van der Waals surface area contributed by atoms with E-state index in [0.29, 0.717) is 19.3 Å². The molecule has 0 N–H and O–H groups in total. The Kier molecular flexibility index (Phi) is 5.02. The van der Waals surface area contributed by atoms with Crippen molar-refractivity contribution in [3.8, 4) is 0 Å². The lowest BCUT2D eigenvalue weighted by Gasteiger charge is -2.39. The van der Waals surface area contributed by atoms with E-state index in [1.807, 2.05) is 0 Å². The minimum absolute atomic E-state index is 0.0675. The second-order valence-corrected chi connectivity index (χ2v) is 8.87. The van der Waals surface area contributed by atoms with E-state index < -0.39 is 5.79 Å². The van der Waals surface area contributed by atoms with Crippen molar-refractivity contribution in [3.05, 3.63) is 53.6 Å². The Morgan fingerprint density at radius 3 is 2.17 bits per heavy atom. The minimum Gasteiger partial charge on any atom is -0.373 e. The predicted octanol–water partition coefficient (Wildman–Crippen LogP) is 2.51. The Bertz CT molecular complexity index is 816. The topological polar surface area (TPSA) is 68.6 Å². The van der Waals surface area contributed by atoms with Crippen LogP contribution >= 0.6 is 0 Å². The van der Waals surface area contributed by atoms with Crippen molar-refractivity contribution in [1.82, 2.24) is 0 Å². The summed E-state index contributed by atoms with van der Waals surface area (Å²) in [5.74, 6) is -0.731. The molecule has 160 valence electrons. The van der Waals surface area contributed by atoms with Crippen molar-refractivity contribution in [2.45, 2.75) is 43.0 Å². The molecular weight excluding hydrogens is 384 g/mol. The maximum absolute atomic E-state index is 6.38. The van der Waals surface area contributed by atoms with Gasteiger partial charge in [-0.05, 0) is 29.2 Å². The molecule has 0 saturated carbocycles. The standard InChI is InChI=1S/C24H28O6/c1-2-16(7-20-10-25-20)6-17(3-1)18-4-5-24(29-14-22-12-27-22,30-15-23-13-28-23)19(8-18)9-21-11-26-21/h1-6,8,19-23H,7,9-15H2. The third-order valence-electron chi connectivity index (χ3n) is 6.23. The Hall–Kier alpha value is -1.54. The number of rotatable bonds is 11. The molecule has 6 rings (SSSR count). The van der Waals surface area contributed by atoms with Gasteiger partial charge in [-0.1, -0.05) is 36.4 Å². The average molecular weight is 412 g/mol. The second kappa shape index (κ2) is 7.86. The zero-order valence-corrected chi connectivity index (χ0v) is 17.0. The van der Waals surface area contributed by atoms with Gasteiger partial charge in [-0.3, -0.25) is 0 Å². The molecule has 5 atom stereocenters. The summed E-state index contributed by atoms with van der Waals surface area (Å²) in [5, 5.41) is 0. The van der Waals surface area contributed by atoms with Gasteiger partial charge < -0.3 is 28.4 Å². The van der Waals surface area contributed by atoms with Crippen molar-refractivity contribution in [2.75, 3.05) is 39.6 Å². The molecule has 0 spiro atoms. The van der Waals surface area contributed by atoms with Gasteiger partial charge in [0.2, 0.25) is 0 Å². The third-order valence-corrected chi connectivity index (χ3v) is 6.23. The Balaban J connectivity index is 1.25. The molecule has 30 heavy (non-hydrogen) atoms. The molecule has 6 nitrogen and oxygen atoms in total. The number of benzene rings is 1. The van der Waals surface area contributed by atoms with Crippen molar-refractivity contribution >= 4 is 5.57 Å². The van der Waals surface area contributed by atoms with E-state index >= 15 is 0 Å². The highest BCUT2D eigenvalue weighted by Crippen LogP contribution is 2.41. The van der Waals surface area contributed by atoms with Crippen LogP contribution in [0.4, 0.5) is 0 Å². The molecule has 5 aliphatic rings. The zero-order valence-electron chi connectivity index (χ0n) is 17.0. The van der Waals surface area contributed by atoms with E-state index in [1.165, 1.54) is 16.7 Å². The van der Waals surface area contributed by atoms with Crippen LogP contribution in [0, 0.1) is 5.92 Å². The van der Waals surface area contributed by atoms with Crippen LogP contribution in [0.5, 0.6) is 0 Å². The van der Waals surface area contributed by atoms with E-state index in [-0.39, 0.29) is 24.2 Å². The number of hydrogen-bond acceptors (Lipinski definition) is 6. The minimum atomic E-state index is -0.799. The summed E-state index contributed by atoms with van der Waals surface area (Å²) in [7, 11) is 0.